The normalized spacial score (nSPS) is 21.4. The molecule has 1 aromatic carbocycles. The summed E-state index contributed by atoms with van der Waals surface area (Å²) in [4.78, 5) is 35.7. The first-order valence-electron chi connectivity index (χ1n) is 15.7. The fourth-order valence-electron chi connectivity index (χ4n) is 6.38. The molecule has 0 bridgehead atoms. The van der Waals surface area contributed by atoms with Crippen LogP contribution in [-0.4, -0.2) is 87.5 Å². The number of likely N-dealkylation sites (N-methyl/N-ethyl adjacent to an activating group) is 1. The number of carbonyl (C=O) groups excluding carboxylic acids is 2. The highest BCUT2D eigenvalue weighted by Gasteiger charge is 2.35. The number of anilines is 1. The second-order valence-electron chi connectivity index (χ2n) is 13.9. The number of pyridine rings is 1. The van der Waals surface area contributed by atoms with E-state index >= 15 is 0 Å². The molecule has 2 amide bonds. The molecule has 12 heteroatoms. The monoisotopic (exact) mass is 616 g/mol. The van der Waals surface area contributed by atoms with Crippen LogP contribution in [0, 0.1) is 5.92 Å². The molecule has 3 aromatic heterocycles. The molecule has 1 N–H and O–H groups in total. The Morgan fingerprint density at radius 2 is 1.91 bits per heavy atom. The Bertz CT molecular complexity index is 1660. The summed E-state index contributed by atoms with van der Waals surface area (Å²) in [6.07, 6.45) is 9.96. The minimum absolute atomic E-state index is 0.186. The van der Waals surface area contributed by atoms with Crippen LogP contribution in [0.25, 0.3) is 21.8 Å². The smallest absolute Gasteiger partial charge is 0.314 e. The number of ether oxygens (including phenoxy) is 1. The van der Waals surface area contributed by atoms with Gasteiger partial charge in [-0.25, -0.2) is 4.68 Å². The summed E-state index contributed by atoms with van der Waals surface area (Å²) < 4.78 is 9.73. The number of rotatable bonds is 8. The van der Waals surface area contributed by atoms with Crippen molar-refractivity contribution in [2.75, 3.05) is 38.6 Å². The van der Waals surface area contributed by atoms with Gasteiger partial charge in [0.2, 0.25) is 0 Å². The van der Waals surface area contributed by atoms with Gasteiger partial charge < -0.3 is 19.9 Å². The highest BCUT2D eigenvalue weighted by Crippen LogP contribution is 2.35. The molecule has 2 fully saturated rings. The van der Waals surface area contributed by atoms with E-state index in [-0.39, 0.29) is 12.8 Å². The Hall–Kier alpha value is -3.61. The van der Waals surface area contributed by atoms with Gasteiger partial charge in [0, 0.05) is 50.9 Å². The summed E-state index contributed by atoms with van der Waals surface area (Å²) in [5.74, 6) is -0.917. The fourth-order valence-corrected chi connectivity index (χ4v) is 7.13. The SMILES string of the molecule is C[C@H]1CC[C@H](c2ccc3nn(C4CCN(C)C4)cc3c2)N(C(=O)C(=O)Nc2cncc3cnn(COCC[Si](C)(C)C)c23)C1. The van der Waals surface area contributed by atoms with E-state index in [1.807, 2.05) is 6.07 Å². The number of hydrogen-bond donors (Lipinski definition) is 1. The first-order valence-corrected chi connectivity index (χ1v) is 19.4. The molecule has 2 aliphatic heterocycles. The molecule has 11 nitrogen and oxygen atoms in total. The van der Waals surface area contributed by atoms with Crippen molar-refractivity contribution in [3.63, 3.8) is 0 Å². The lowest BCUT2D eigenvalue weighted by Gasteiger charge is -2.38. The first kappa shape index (κ1) is 30.4. The summed E-state index contributed by atoms with van der Waals surface area (Å²) in [6, 6.07) is 7.48. The van der Waals surface area contributed by atoms with Gasteiger partial charge in [-0.2, -0.15) is 10.2 Å². The van der Waals surface area contributed by atoms with E-state index in [0.29, 0.717) is 36.3 Å². The minimum atomic E-state index is -1.22. The summed E-state index contributed by atoms with van der Waals surface area (Å²) in [6.45, 7) is 12.6. The molecule has 1 unspecified atom stereocenters. The molecule has 234 valence electrons. The average molecular weight is 617 g/mol. The zero-order chi connectivity index (χ0) is 31.0. The molecule has 0 spiro atoms. The van der Waals surface area contributed by atoms with Crippen LogP contribution in [0.15, 0.2) is 43.0 Å². The van der Waals surface area contributed by atoms with E-state index in [0.717, 1.165) is 60.2 Å². The number of nitrogens with one attached hydrogen (secondary N) is 1. The molecule has 2 aliphatic rings. The van der Waals surface area contributed by atoms with Gasteiger partial charge in [0.15, 0.2) is 0 Å². The van der Waals surface area contributed by atoms with Crippen molar-refractivity contribution in [2.45, 2.75) is 70.7 Å². The fraction of sp³-hybridized carbons (Fsp3) is 0.531. The van der Waals surface area contributed by atoms with Gasteiger partial charge in [-0.3, -0.25) is 19.3 Å². The molecule has 2 saturated heterocycles. The van der Waals surface area contributed by atoms with E-state index in [1.54, 1.807) is 28.2 Å². The maximum absolute atomic E-state index is 13.8. The van der Waals surface area contributed by atoms with E-state index in [1.165, 1.54) is 0 Å². The lowest BCUT2D eigenvalue weighted by Crippen LogP contribution is -2.46. The molecule has 44 heavy (non-hydrogen) atoms. The number of likely N-dealkylation sites (tertiary alicyclic amines) is 2. The van der Waals surface area contributed by atoms with Gasteiger partial charge in [-0.05, 0) is 62.5 Å². The van der Waals surface area contributed by atoms with Gasteiger partial charge in [0.1, 0.15) is 6.73 Å². The van der Waals surface area contributed by atoms with Gasteiger partial charge in [0.05, 0.1) is 41.2 Å². The van der Waals surface area contributed by atoms with Gasteiger partial charge in [-0.15, -0.1) is 0 Å². The Morgan fingerprint density at radius 1 is 1.07 bits per heavy atom. The summed E-state index contributed by atoms with van der Waals surface area (Å²) in [7, 11) is 0.922. The van der Waals surface area contributed by atoms with E-state index in [4.69, 9.17) is 9.84 Å². The van der Waals surface area contributed by atoms with Crippen LogP contribution in [0.1, 0.15) is 43.8 Å². The number of piperidine rings is 1. The highest BCUT2D eigenvalue weighted by molar-refractivity contribution is 6.76. The highest BCUT2D eigenvalue weighted by atomic mass is 28.3. The van der Waals surface area contributed by atoms with Crippen molar-refractivity contribution in [3.8, 4) is 0 Å². The summed E-state index contributed by atoms with van der Waals surface area (Å²) in [5.41, 5.74) is 3.12. The van der Waals surface area contributed by atoms with E-state index in [2.05, 4.69) is 76.9 Å². The lowest BCUT2D eigenvalue weighted by atomic mass is 9.89. The zero-order valence-electron chi connectivity index (χ0n) is 26.5. The van der Waals surface area contributed by atoms with Crippen LogP contribution >= 0.6 is 0 Å². The van der Waals surface area contributed by atoms with Crippen LogP contribution in [-0.2, 0) is 21.1 Å². The molecule has 0 radical (unpaired) electrons. The van der Waals surface area contributed by atoms with Crippen LogP contribution in [0.4, 0.5) is 5.69 Å². The predicted molar refractivity (Wildman–Crippen MR) is 174 cm³/mol. The third-order valence-corrected chi connectivity index (χ3v) is 10.6. The molecular weight excluding hydrogens is 572 g/mol. The number of benzene rings is 1. The number of hydrogen-bond acceptors (Lipinski definition) is 7. The predicted octanol–water partition coefficient (Wildman–Crippen LogP) is 4.91. The number of nitrogens with zero attached hydrogens (tertiary/aromatic N) is 7. The molecule has 0 saturated carbocycles. The number of carbonyl (C=O) groups is 2. The largest absolute Gasteiger partial charge is 0.360 e. The molecule has 6 rings (SSSR count). The Labute approximate surface area is 259 Å². The molecule has 0 aliphatic carbocycles. The molecule has 5 heterocycles. The van der Waals surface area contributed by atoms with Crippen LogP contribution in [0.3, 0.4) is 0 Å². The molecule has 3 atom stereocenters. The van der Waals surface area contributed by atoms with Crippen molar-refractivity contribution in [3.05, 3.63) is 48.5 Å². The third kappa shape index (κ3) is 6.57. The first-order chi connectivity index (χ1) is 21.1. The number of amides is 2. The average Bonchev–Trinajstić information content (AvgIpc) is 3.72. The number of aromatic nitrogens is 5. The van der Waals surface area contributed by atoms with Crippen molar-refractivity contribution >= 4 is 47.4 Å². The number of fused-ring (bicyclic) bond motifs is 2. The van der Waals surface area contributed by atoms with Gasteiger partial charge in [0.25, 0.3) is 0 Å². The van der Waals surface area contributed by atoms with Crippen molar-refractivity contribution in [1.82, 2.24) is 34.3 Å². The molecular formula is C32H44N8O3Si. The Kier molecular flexibility index (Phi) is 8.58. The zero-order valence-corrected chi connectivity index (χ0v) is 27.5. The van der Waals surface area contributed by atoms with Crippen molar-refractivity contribution < 1.29 is 14.3 Å². The molecule has 4 aromatic rings. The van der Waals surface area contributed by atoms with E-state index < -0.39 is 19.9 Å². The Balaban J connectivity index is 1.19. The van der Waals surface area contributed by atoms with Crippen LogP contribution < -0.4 is 5.32 Å². The maximum Gasteiger partial charge on any atom is 0.314 e. The standard InChI is InChI=1S/C32H44N8O3Si/c1-22-6-9-29(23-7-8-27-24(14-23)19-39(36-27)26-10-11-37(2)20-26)38(18-22)32(42)31(41)35-28-17-33-15-25-16-34-40(30(25)28)21-43-12-13-44(3,4)5/h7-8,14-17,19,22,26,29H,6,9-13,18,20-21H2,1-5H3,(H,35,41)/t22-,26?,29+/m0/s1. The van der Waals surface area contributed by atoms with Crippen molar-refractivity contribution in [1.29, 1.82) is 0 Å². The Morgan fingerprint density at radius 3 is 2.68 bits per heavy atom. The summed E-state index contributed by atoms with van der Waals surface area (Å²) in [5, 5.41) is 14.0. The second kappa shape index (κ2) is 12.4. The van der Waals surface area contributed by atoms with Crippen molar-refractivity contribution in [2.24, 2.45) is 5.92 Å². The second-order valence-corrected chi connectivity index (χ2v) is 19.5. The minimum Gasteiger partial charge on any atom is -0.360 e. The lowest BCUT2D eigenvalue weighted by molar-refractivity contribution is -0.146. The topological polar surface area (TPSA) is 110 Å². The van der Waals surface area contributed by atoms with Crippen LogP contribution in [0.5, 0.6) is 0 Å². The van der Waals surface area contributed by atoms with Gasteiger partial charge >= 0.3 is 11.8 Å². The van der Waals surface area contributed by atoms with Crippen LogP contribution in [0.2, 0.25) is 25.7 Å². The quantitative estimate of drug-likeness (QED) is 0.170. The third-order valence-electron chi connectivity index (χ3n) is 8.94. The summed E-state index contributed by atoms with van der Waals surface area (Å²) >= 11 is 0. The maximum atomic E-state index is 13.8. The van der Waals surface area contributed by atoms with E-state index in [9.17, 15) is 9.59 Å². The van der Waals surface area contributed by atoms with Gasteiger partial charge in [-0.1, -0.05) is 32.6 Å².